The van der Waals surface area contributed by atoms with Crippen molar-refractivity contribution in [2.75, 3.05) is 7.11 Å². The van der Waals surface area contributed by atoms with Gasteiger partial charge in [0.2, 0.25) is 0 Å². The first-order chi connectivity index (χ1) is 13.2. The van der Waals surface area contributed by atoms with Gasteiger partial charge in [0.1, 0.15) is 5.75 Å². The Morgan fingerprint density at radius 2 is 1.37 bits per heavy atom. The summed E-state index contributed by atoms with van der Waals surface area (Å²) in [6, 6.07) is 29.7. The summed E-state index contributed by atoms with van der Waals surface area (Å²) in [7, 11) is 1.70. The molecule has 1 heterocycles. The second-order valence-corrected chi connectivity index (χ2v) is 8.27. The average Bonchev–Trinajstić information content (AvgIpc) is 2.75. The molecule has 1 nitrogen and oxygen atoms in total. The molecule has 134 valence electrons. The Hall–Kier alpha value is -2.71. The summed E-state index contributed by atoms with van der Waals surface area (Å²) in [5.41, 5.74) is 5.00. The van der Waals surface area contributed by atoms with Gasteiger partial charge in [-0.05, 0) is 47.4 Å². The van der Waals surface area contributed by atoms with Crippen molar-refractivity contribution in [1.82, 2.24) is 0 Å². The zero-order valence-electron chi connectivity index (χ0n) is 15.6. The molecule has 0 radical (unpaired) electrons. The molecule has 0 bridgehead atoms. The number of rotatable bonds is 4. The summed E-state index contributed by atoms with van der Waals surface area (Å²) in [6.07, 6.45) is 4.67. The molecule has 3 aromatic rings. The normalized spacial score (nSPS) is 19.2. The van der Waals surface area contributed by atoms with E-state index in [1.54, 1.807) is 7.11 Å². The quantitative estimate of drug-likeness (QED) is 0.500. The highest BCUT2D eigenvalue weighted by Crippen LogP contribution is 2.51. The lowest BCUT2D eigenvalue weighted by Gasteiger charge is -2.32. The molecule has 4 rings (SSSR count). The second kappa shape index (κ2) is 7.50. The zero-order valence-corrected chi connectivity index (χ0v) is 16.4. The SMILES string of the molecule is COc1ccc(C2=CC(C)(c3ccccc3)SC(c3ccccc3)=C2)cc1. The zero-order chi connectivity index (χ0) is 18.7. The predicted molar refractivity (Wildman–Crippen MR) is 117 cm³/mol. The first-order valence-electron chi connectivity index (χ1n) is 9.07. The Labute approximate surface area is 165 Å². The second-order valence-electron chi connectivity index (χ2n) is 6.78. The van der Waals surface area contributed by atoms with Gasteiger partial charge in [0, 0.05) is 4.91 Å². The number of allylic oxidation sites excluding steroid dienone is 2. The summed E-state index contributed by atoms with van der Waals surface area (Å²) >= 11 is 1.91. The Morgan fingerprint density at radius 3 is 2.00 bits per heavy atom. The lowest BCUT2D eigenvalue weighted by molar-refractivity contribution is 0.415. The van der Waals surface area contributed by atoms with Crippen LogP contribution in [0, 0.1) is 0 Å². The van der Waals surface area contributed by atoms with Gasteiger partial charge in [-0.25, -0.2) is 0 Å². The standard InChI is InChI=1S/C25H22OS/c1-25(22-11-7-4-8-12-22)18-21(19-13-15-23(26-2)16-14-19)17-24(27-25)20-9-5-3-6-10-20/h3-18H,1-2H3. The number of hydrogen-bond donors (Lipinski definition) is 0. The van der Waals surface area contributed by atoms with Gasteiger partial charge in [0.05, 0.1) is 11.9 Å². The van der Waals surface area contributed by atoms with E-state index in [9.17, 15) is 0 Å². The van der Waals surface area contributed by atoms with Crippen molar-refractivity contribution < 1.29 is 4.74 Å². The van der Waals surface area contributed by atoms with Crippen LogP contribution in [0.4, 0.5) is 0 Å². The van der Waals surface area contributed by atoms with Crippen molar-refractivity contribution in [2.45, 2.75) is 11.7 Å². The van der Waals surface area contributed by atoms with E-state index in [1.807, 2.05) is 23.9 Å². The molecule has 1 aliphatic rings. The van der Waals surface area contributed by atoms with Crippen molar-refractivity contribution in [3.05, 3.63) is 114 Å². The van der Waals surface area contributed by atoms with E-state index in [2.05, 4.69) is 91.9 Å². The van der Waals surface area contributed by atoms with Gasteiger partial charge >= 0.3 is 0 Å². The number of methoxy groups -OCH3 is 1. The van der Waals surface area contributed by atoms with Gasteiger partial charge in [-0.15, -0.1) is 11.8 Å². The third-order valence-electron chi connectivity index (χ3n) is 4.87. The van der Waals surface area contributed by atoms with Crippen molar-refractivity contribution >= 4 is 22.2 Å². The van der Waals surface area contributed by atoms with Crippen LogP contribution < -0.4 is 4.74 Å². The van der Waals surface area contributed by atoms with Crippen LogP contribution in [0.1, 0.15) is 23.6 Å². The fourth-order valence-electron chi connectivity index (χ4n) is 3.37. The smallest absolute Gasteiger partial charge is 0.118 e. The molecule has 0 fully saturated rings. The first kappa shape index (κ1) is 17.7. The highest BCUT2D eigenvalue weighted by molar-refractivity contribution is 8.09. The van der Waals surface area contributed by atoms with Crippen molar-refractivity contribution in [1.29, 1.82) is 0 Å². The Balaban J connectivity index is 1.83. The monoisotopic (exact) mass is 370 g/mol. The maximum Gasteiger partial charge on any atom is 0.118 e. The molecular formula is C25H22OS. The lowest BCUT2D eigenvalue weighted by atomic mass is 9.93. The minimum atomic E-state index is -0.129. The van der Waals surface area contributed by atoms with Crippen LogP contribution in [-0.2, 0) is 4.75 Å². The van der Waals surface area contributed by atoms with E-state index < -0.39 is 0 Å². The van der Waals surface area contributed by atoms with Crippen LogP contribution in [0.25, 0.3) is 10.5 Å². The molecule has 1 unspecified atom stereocenters. The molecule has 0 saturated heterocycles. The van der Waals surface area contributed by atoms with Gasteiger partial charge in [-0.1, -0.05) is 78.9 Å². The molecule has 1 atom stereocenters. The minimum Gasteiger partial charge on any atom is -0.497 e. The van der Waals surface area contributed by atoms with Crippen molar-refractivity contribution in [3.63, 3.8) is 0 Å². The summed E-state index contributed by atoms with van der Waals surface area (Å²) in [4.78, 5) is 1.29. The van der Waals surface area contributed by atoms with Gasteiger partial charge in [-0.2, -0.15) is 0 Å². The molecule has 0 aliphatic carbocycles. The van der Waals surface area contributed by atoms with Gasteiger partial charge in [0.25, 0.3) is 0 Å². The highest BCUT2D eigenvalue weighted by Gasteiger charge is 2.30. The van der Waals surface area contributed by atoms with Crippen LogP contribution >= 0.6 is 11.8 Å². The topological polar surface area (TPSA) is 9.23 Å². The van der Waals surface area contributed by atoms with E-state index in [0.29, 0.717) is 0 Å². The van der Waals surface area contributed by atoms with E-state index in [-0.39, 0.29) is 4.75 Å². The van der Waals surface area contributed by atoms with E-state index in [4.69, 9.17) is 4.74 Å². The van der Waals surface area contributed by atoms with E-state index in [0.717, 1.165) is 5.75 Å². The van der Waals surface area contributed by atoms with Gasteiger partial charge in [-0.3, -0.25) is 0 Å². The molecule has 1 aliphatic heterocycles. The minimum absolute atomic E-state index is 0.129. The third kappa shape index (κ3) is 3.72. The first-order valence-corrected chi connectivity index (χ1v) is 9.88. The fourth-order valence-corrected chi connectivity index (χ4v) is 4.71. The molecule has 0 N–H and O–H groups in total. The fraction of sp³-hybridized carbons (Fsp3) is 0.120. The Morgan fingerprint density at radius 1 is 0.741 bits per heavy atom. The Bertz CT molecular complexity index is 972. The lowest BCUT2D eigenvalue weighted by Crippen LogP contribution is -2.17. The van der Waals surface area contributed by atoms with Crippen LogP contribution in [-0.4, -0.2) is 7.11 Å². The molecule has 0 spiro atoms. The van der Waals surface area contributed by atoms with Crippen LogP contribution in [0.3, 0.4) is 0 Å². The summed E-state index contributed by atoms with van der Waals surface area (Å²) in [5, 5.41) is 0. The van der Waals surface area contributed by atoms with Crippen LogP contribution in [0.2, 0.25) is 0 Å². The maximum atomic E-state index is 5.32. The van der Waals surface area contributed by atoms with Crippen molar-refractivity contribution in [2.24, 2.45) is 0 Å². The summed E-state index contributed by atoms with van der Waals surface area (Å²) < 4.78 is 5.19. The van der Waals surface area contributed by atoms with Crippen molar-refractivity contribution in [3.8, 4) is 5.75 Å². The molecule has 0 aromatic heterocycles. The van der Waals surface area contributed by atoms with Crippen LogP contribution in [0.5, 0.6) is 5.75 Å². The molecular weight excluding hydrogens is 348 g/mol. The van der Waals surface area contributed by atoms with Gasteiger partial charge in [0.15, 0.2) is 0 Å². The number of hydrogen-bond acceptors (Lipinski definition) is 2. The number of thioether (sulfide) groups is 1. The number of ether oxygens (including phenoxy) is 1. The molecule has 0 amide bonds. The van der Waals surface area contributed by atoms with Crippen LogP contribution in [0.15, 0.2) is 97.1 Å². The third-order valence-corrected chi connectivity index (χ3v) is 6.22. The molecule has 27 heavy (non-hydrogen) atoms. The largest absolute Gasteiger partial charge is 0.497 e. The van der Waals surface area contributed by atoms with Gasteiger partial charge < -0.3 is 4.74 Å². The van der Waals surface area contributed by atoms with E-state index >= 15 is 0 Å². The summed E-state index contributed by atoms with van der Waals surface area (Å²) in [5.74, 6) is 0.877. The average molecular weight is 371 g/mol. The highest BCUT2D eigenvalue weighted by atomic mass is 32.2. The number of benzene rings is 3. The molecule has 3 aromatic carbocycles. The summed E-state index contributed by atoms with van der Waals surface area (Å²) in [6.45, 7) is 2.30. The predicted octanol–water partition coefficient (Wildman–Crippen LogP) is 6.78. The maximum absolute atomic E-state index is 5.32. The Kier molecular flexibility index (Phi) is 4.91. The molecule has 0 saturated carbocycles. The molecule has 2 heteroatoms. The van der Waals surface area contributed by atoms with E-state index in [1.165, 1.54) is 27.2 Å².